The number of carbonyl (C=O) groups excluding carboxylic acids is 3. The molecule has 0 saturated heterocycles. The van der Waals surface area contributed by atoms with Crippen molar-refractivity contribution in [2.75, 3.05) is 13.2 Å². The van der Waals surface area contributed by atoms with Gasteiger partial charge in [-0.15, -0.1) is 0 Å². The first-order valence-corrected chi connectivity index (χ1v) is 11.7. The first-order chi connectivity index (χ1) is 17.5. The summed E-state index contributed by atoms with van der Waals surface area (Å²) in [6.45, 7) is 4.36. The molecule has 0 aromatic heterocycles. The van der Waals surface area contributed by atoms with Gasteiger partial charge < -0.3 is 14.8 Å². The second-order valence-corrected chi connectivity index (χ2v) is 7.98. The number of nitrogens with zero attached hydrogens (tertiary/aromatic N) is 1. The van der Waals surface area contributed by atoms with Crippen LogP contribution < -0.4 is 20.2 Å². The van der Waals surface area contributed by atoms with Crippen molar-refractivity contribution in [2.45, 2.75) is 26.7 Å². The molecular weight excluding hydrogens is 458 g/mol. The van der Waals surface area contributed by atoms with Crippen LogP contribution in [0.5, 0.6) is 11.5 Å². The number of amides is 2. The zero-order valence-corrected chi connectivity index (χ0v) is 20.3. The van der Waals surface area contributed by atoms with Gasteiger partial charge in [0, 0.05) is 5.56 Å². The van der Waals surface area contributed by atoms with Crippen LogP contribution >= 0.6 is 0 Å². The number of unbranched alkanes of at least 4 members (excludes halogenated alkanes) is 1. The number of aryl methyl sites for hydroxylation is 1. The Balaban J connectivity index is 1.43. The molecule has 0 bridgehead atoms. The van der Waals surface area contributed by atoms with Gasteiger partial charge in [0.1, 0.15) is 11.5 Å². The SMILES string of the molecule is CCCCOc1ccc(C(=O)Oc2ccc(C=NNC(=O)CNC(=O)c3ccccc3C)cc2)cc1. The standard InChI is InChI=1S/C28H29N3O5/c1-3-4-17-35-23-15-11-22(12-16-23)28(34)36-24-13-9-21(10-14-24)18-30-31-26(32)19-29-27(33)25-8-6-5-7-20(25)2/h5-16,18H,3-4,17,19H2,1-2H3,(H,29,33)(H,31,32). The fourth-order valence-electron chi connectivity index (χ4n) is 3.11. The van der Waals surface area contributed by atoms with Gasteiger partial charge in [0.25, 0.3) is 11.8 Å². The van der Waals surface area contributed by atoms with Crippen molar-refractivity contribution < 1.29 is 23.9 Å². The van der Waals surface area contributed by atoms with Gasteiger partial charge in [-0.2, -0.15) is 5.10 Å². The molecule has 0 spiro atoms. The molecule has 0 unspecified atom stereocenters. The van der Waals surface area contributed by atoms with Gasteiger partial charge in [0.05, 0.1) is 24.9 Å². The Bertz CT molecular complexity index is 1200. The van der Waals surface area contributed by atoms with Gasteiger partial charge in [-0.3, -0.25) is 9.59 Å². The van der Waals surface area contributed by atoms with E-state index in [1.54, 1.807) is 60.7 Å². The van der Waals surface area contributed by atoms with Gasteiger partial charge in [-0.1, -0.05) is 31.5 Å². The highest BCUT2D eigenvalue weighted by molar-refractivity contribution is 5.97. The fraction of sp³-hybridized carbons (Fsp3) is 0.214. The number of hydrogen-bond acceptors (Lipinski definition) is 6. The van der Waals surface area contributed by atoms with Gasteiger partial charge in [0.2, 0.25) is 0 Å². The molecule has 0 aliphatic rings. The van der Waals surface area contributed by atoms with Crippen molar-refractivity contribution >= 4 is 24.0 Å². The van der Waals surface area contributed by atoms with Gasteiger partial charge in [-0.05, 0) is 79.1 Å². The third-order valence-electron chi connectivity index (χ3n) is 5.15. The summed E-state index contributed by atoms with van der Waals surface area (Å²) >= 11 is 0. The first-order valence-electron chi connectivity index (χ1n) is 11.7. The number of hydrogen-bond donors (Lipinski definition) is 2. The van der Waals surface area contributed by atoms with Crippen molar-refractivity contribution in [3.8, 4) is 11.5 Å². The lowest BCUT2D eigenvalue weighted by atomic mass is 10.1. The van der Waals surface area contributed by atoms with E-state index in [0.717, 1.165) is 18.4 Å². The van der Waals surface area contributed by atoms with Crippen LogP contribution in [-0.4, -0.2) is 37.1 Å². The molecular formula is C28H29N3O5. The lowest BCUT2D eigenvalue weighted by Crippen LogP contribution is -2.35. The Kier molecular flexibility index (Phi) is 9.76. The summed E-state index contributed by atoms with van der Waals surface area (Å²) in [4.78, 5) is 36.5. The van der Waals surface area contributed by atoms with E-state index in [1.807, 2.05) is 19.1 Å². The highest BCUT2D eigenvalue weighted by atomic mass is 16.5. The molecule has 3 rings (SSSR count). The minimum Gasteiger partial charge on any atom is -0.494 e. The average Bonchev–Trinajstić information content (AvgIpc) is 2.89. The van der Waals surface area contributed by atoms with Crippen LogP contribution in [0.3, 0.4) is 0 Å². The number of ether oxygens (including phenoxy) is 2. The van der Waals surface area contributed by atoms with E-state index in [0.29, 0.717) is 34.8 Å². The topological polar surface area (TPSA) is 106 Å². The summed E-state index contributed by atoms with van der Waals surface area (Å²) in [7, 11) is 0. The highest BCUT2D eigenvalue weighted by Gasteiger charge is 2.10. The quantitative estimate of drug-likeness (QED) is 0.138. The zero-order valence-electron chi connectivity index (χ0n) is 20.3. The Morgan fingerprint density at radius 1 is 0.917 bits per heavy atom. The van der Waals surface area contributed by atoms with Gasteiger partial charge >= 0.3 is 5.97 Å². The predicted molar refractivity (Wildman–Crippen MR) is 137 cm³/mol. The number of rotatable bonds is 11. The number of esters is 1. The number of benzene rings is 3. The van der Waals surface area contributed by atoms with E-state index in [2.05, 4.69) is 22.8 Å². The van der Waals surface area contributed by atoms with E-state index in [1.165, 1.54) is 6.21 Å². The first kappa shape index (κ1) is 26.2. The molecule has 0 aliphatic carbocycles. The Hall–Kier alpha value is -4.46. The summed E-state index contributed by atoms with van der Waals surface area (Å²) < 4.78 is 11.0. The predicted octanol–water partition coefficient (Wildman–Crippen LogP) is 4.27. The smallest absolute Gasteiger partial charge is 0.343 e. The molecule has 8 nitrogen and oxygen atoms in total. The van der Waals surface area contributed by atoms with Gasteiger partial charge in [-0.25, -0.2) is 10.2 Å². The lowest BCUT2D eigenvalue weighted by molar-refractivity contribution is -0.120. The third-order valence-corrected chi connectivity index (χ3v) is 5.15. The molecule has 0 fully saturated rings. The molecule has 0 saturated carbocycles. The van der Waals surface area contributed by atoms with Crippen LogP contribution in [-0.2, 0) is 4.79 Å². The normalized spacial score (nSPS) is 10.6. The molecule has 2 N–H and O–H groups in total. The van der Waals surface area contributed by atoms with Crippen molar-refractivity contribution in [2.24, 2.45) is 5.10 Å². The summed E-state index contributed by atoms with van der Waals surface area (Å²) in [5.74, 6) is -0.168. The summed E-state index contributed by atoms with van der Waals surface area (Å²) in [5.41, 5.74) is 4.81. The Morgan fingerprint density at radius 2 is 1.61 bits per heavy atom. The van der Waals surface area contributed by atoms with Crippen LogP contribution in [0.4, 0.5) is 0 Å². The van der Waals surface area contributed by atoms with E-state index >= 15 is 0 Å². The molecule has 0 radical (unpaired) electrons. The van der Waals surface area contributed by atoms with E-state index in [4.69, 9.17) is 9.47 Å². The summed E-state index contributed by atoms with van der Waals surface area (Å²) in [6, 6.07) is 20.6. The fourth-order valence-corrected chi connectivity index (χ4v) is 3.11. The molecule has 0 aliphatic heterocycles. The third kappa shape index (κ3) is 8.09. The van der Waals surface area contributed by atoms with Crippen LogP contribution in [0.1, 0.15) is 51.6 Å². The maximum Gasteiger partial charge on any atom is 0.343 e. The molecule has 2 amide bonds. The monoisotopic (exact) mass is 487 g/mol. The van der Waals surface area contributed by atoms with Crippen molar-refractivity contribution in [1.29, 1.82) is 0 Å². The second-order valence-electron chi connectivity index (χ2n) is 7.98. The van der Waals surface area contributed by atoms with Crippen molar-refractivity contribution in [3.05, 3.63) is 95.1 Å². The number of nitrogens with one attached hydrogen (secondary N) is 2. The summed E-state index contributed by atoms with van der Waals surface area (Å²) in [6.07, 6.45) is 3.48. The number of carbonyl (C=O) groups is 3. The second kappa shape index (κ2) is 13.4. The molecule has 0 atom stereocenters. The van der Waals surface area contributed by atoms with Crippen molar-refractivity contribution in [3.63, 3.8) is 0 Å². The largest absolute Gasteiger partial charge is 0.494 e. The van der Waals surface area contributed by atoms with Gasteiger partial charge in [0.15, 0.2) is 0 Å². The number of hydrazone groups is 1. The minimum absolute atomic E-state index is 0.203. The highest BCUT2D eigenvalue weighted by Crippen LogP contribution is 2.17. The van der Waals surface area contributed by atoms with E-state index in [9.17, 15) is 14.4 Å². The van der Waals surface area contributed by atoms with E-state index in [-0.39, 0.29) is 12.5 Å². The molecule has 3 aromatic carbocycles. The Labute approximate surface area is 210 Å². The Morgan fingerprint density at radius 3 is 2.31 bits per heavy atom. The average molecular weight is 488 g/mol. The maximum absolute atomic E-state index is 12.4. The summed E-state index contributed by atoms with van der Waals surface area (Å²) in [5, 5.41) is 6.45. The van der Waals surface area contributed by atoms with Crippen LogP contribution in [0.2, 0.25) is 0 Å². The maximum atomic E-state index is 12.4. The van der Waals surface area contributed by atoms with Crippen LogP contribution in [0.15, 0.2) is 77.9 Å². The molecule has 0 heterocycles. The molecule has 3 aromatic rings. The van der Waals surface area contributed by atoms with Crippen molar-refractivity contribution in [1.82, 2.24) is 10.7 Å². The molecule has 36 heavy (non-hydrogen) atoms. The zero-order chi connectivity index (χ0) is 25.8. The van der Waals surface area contributed by atoms with Crippen LogP contribution in [0, 0.1) is 6.92 Å². The molecule has 186 valence electrons. The lowest BCUT2D eigenvalue weighted by Gasteiger charge is -2.07. The van der Waals surface area contributed by atoms with E-state index < -0.39 is 11.9 Å². The minimum atomic E-state index is -0.475. The van der Waals surface area contributed by atoms with Crippen LogP contribution in [0.25, 0.3) is 0 Å². The molecule has 8 heteroatoms.